The molecule has 0 saturated heterocycles. The van der Waals surface area contributed by atoms with E-state index in [1.165, 1.54) is 18.2 Å². The van der Waals surface area contributed by atoms with Gasteiger partial charge in [0.1, 0.15) is 4.90 Å². The van der Waals surface area contributed by atoms with Crippen molar-refractivity contribution in [2.75, 3.05) is 20.3 Å². The molecule has 0 saturated carbocycles. The molecule has 5 nitrogen and oxygen atoms in total. The van der Waals surface area contributed by atoms with Crippen LogP contribution in [0.15, 0.2) is 23.1 Å². The van der Waals surface area contributed by atoms with E-state index < -0.39 is 10.0 Å². The van der Waals surface area contributed by atoms with Gasteiger partial charge in [-0.2, -0.15) is 5.26 Å². The summed E-state index contributed by atoms with van der Waals surface area (Å²) in [7, 11) is -2.09. The predicted octanol–water partition coefficient (Wildman–Crippen LogP) is 1.92. The number of nitriles is 1. The molecule has 0 heterocycles. The van der Waals surface area contributed by atoms with Crippen LogP contribution in [0, 0.1) is 11.3 Å². The summed E-state index contributed by atoms with van der Waals surface area (Å²) in [4.78, 5) is -0.0695. The number of sulfonamides is 1. The van der Waals surface area contributed by atoms with E-state index in [1.54, 1.807) is 7.11 Å². The SMILES string of the molecule is COCCCCNS(=O)(=O)c1cc(C#N)ccc1Cl. The highest BCUT2D eigenvalue weighted by molar-refractivity contribution is 7.89. The minimum atomic E-state index is -3.68. The molecule has 0 radical (unpaired) electrons. The lowest BCUT2D eigenvalue weighted by Crippen LogP contribution is -2.25. The van der Waals surface area contributed by atoms with Gasteiger partial charge in [0.15, 0.2) is 0 Å². The summed E-state index contributed by atoms with van der Waals surface area (Å²) in [6.45, 7) is 0.894. The van der Waals surface area contributed by atoms with Gasteiger partial charge >= 0.3 is 0 Å². The Morgan fingerprint density at radius 1 is 1.42 bits per heavy atom. The summed E-state index contributed by atoms with van der Waals surface area (Å²) in [6.07, 6.45) is 1.44. The van der Waals surface area contributed by atoms with Crippen LogP contribution in [0.25, 0.3) is 0 Å². The van der Waals surface area contributed by atoms with Crippen molar-refractivity contribution in [3.8, 4) is 6.07 Å². The molecule has 7 heteroatoms. The highest BCUT2D eigenvalue weighted by atomic mass is 35.5. The summed E-state index contributed by atoms with van der Waals surface area (Å²) >= 11 is 5.85. The lowest BCUT2D eigenvalue weighted by Gasteiger charge is -2.08. The first-order chi connectivity index (χ1) is 9.01. The fourth-order valence-corrected chi connectivity index (χ4v) is 3.03. The second-order valence-corrected chi connectivity index (χ2v) is 6.00. The van der Waals surface area contributed by atoms with Crippen LogP contribution >= 0.6 is 11.6 Å². The van der Waals surface area contributed by atoms with Gasteiger partial charge < -0.3 is 4.74 Å². The molecule has 0 amide bonds. The number of hydrogen-bond acceptors (Lipinski definition) is 4. The molecule has 0 unspecified atom stereocenters. The topological polar surface area (TPSA) is 79.2 Å². The normalized spacial score (nSPS) is 11.2. The third-order valence-electron chi connectivity index (χ3n) is 2.42. The van der Waals surface area contributed by atoms with Gasteiger partial charge in [0, 0.05) is 20.3 Å². The third kappa shape index (κ3) is 4.80. The Morgan fingerprint density at radius 2 is 2.16 bits per heavy atom. The smallest absolute Gasteiger partial charge is 0.242 e. The van der Waals surface area contributed by atoms with Crippen molar-refractivity contribution < 1.29 is 13.2 Å². The molecule has 1 N–H and O–H groups in total. The summed E-state index contributed by atoms with van der Waals surface area (Å²) in [5.41, 5.74) is 0.254. The van der Waals surface area contributed by atoms with Gasteiger partial charge in [-0.25, -0.2) is 13.1 Å². The maximum absolute atomic E-state index is 12.0. The Kier molecular flexibility index (Phi) is 6.25. The number of nitrogens with zero attached hydrogens (tertiary/aromatic N) is 1. The van der Waals surface area contributed by atoms with Crippen LogP contribution in [0.5, 0.6) is 0 Å². The molecule has 0 aromatic heterocycles. The number of nitrogens with one attached hydrogen (secondary N) is 1. The fraction of sp³-hybridized carbons (Fsp3) is 0.417. The molecule has 0 spiro atoms. The van der Waals surface area contributed by atoms with E-state index in [0.29, 0.717) is 19.6 Å². The van der Waals surface area contributed by atoms with E-state index in [-0.39, 0.29) is 15.5 Å². The largest absolute Gasteiger partial charge is 0.385 e. The molecular weight excluding hydrogens is 288 g/mol. The maximum atomic E-state index is 12.0. The molecule has 0 atom stereocenters. The van der Waals surface area contributed by atoms with Crippen LogP contribution in [-0.2, 0) is 14.8 Å². The van der Waals surface area contributed by atoms with Crippen molar-refractivity contribution in [2.24, 2.45) is 0 Å². The van der Waals surface area contributed by atoms with Gasteiger partial charge in [-0.05, 0) is 31.0 Å². The van der Waals surface area contributed by atoms with Gasteiger partial charge in [-0.1, -0.05) is 11.6 Å². The van der Waals surface area contributed by atoms with Crippen LogP contribution in [0.1, 0.15) is 18.4 Å². The van der Waals surface area contributed by atoms with Gasteiger partial charge in [-0.3, -0.25) is 0 Å². The zero-order valence-corrected chi connectivity index (χ0v) is 12.1. The Bertz CT molecular complexity index is 567. The summed E-state index contributed by atoms with van der Waals surface area (Å²) < 4.78 is 31.4. The lowest BCUT2D eigenvalue weighted by molar-refractivity contribution is 0.193. The third-order valence-corrected chi connectivity index (χ3v) is 4.36. The van der Waals surface area contributed by atoms with E-state index >= 15 is 0 Å². The van der Waals surface area contributed by atoms with Crippen molar-refractivity contribution in [3.63, 3.8) is 0 Å². The van der Waals surface area contributed by atoms with E-state index in [4.69, 9.17) is 21.6 Å². The average molecular weight is 303 g/mol. The first-order valence-corrected chi connectivity index (χ1v) is 7.55. The molecule has 0 aliphatic rings. The first-order valence-electron chi connectivity index (χ1n) is 5.69. The average Bonchev–Trinajstić information content (AvgIpc) is 2.39. The van der Waals surface area contributed by atoms with E-state index in [0.717, 1.165) is 6.42 Å². The van der Waals surface area contributed by atoms with Crippen LogP contribution in [0.2, 0.25) is 5.02 Å². The molecule has 1 rings (SSSR count). The van der Waals surface area contributed by atoms with E-state index in [2.05, 4.69) is 4.72 Å². The standard InChI is InChI=1S/C12H15ClN2O3S/c1-18-7-3-2-6-15-19(16,17)12-8-10(9-14)4-5-11(12)13/h4-5,8,15H,2-3,6-7H2,1H3. The molecule has 0 bridgehead atoms. The van der Waals surface area contributed by atoms with Crippen LogP contribution < -0.4 is 4.72 Å². The monoisotopic (exact) mass is 302 g/mol. The number of unbranched alkanes of at least 4 members (excludes halogenated alkanes) is 1. The van der Waals surface area contributed by atoms with Crippen molar-refractivity contribution in [2.45, 2.75) is 17.7 Å². The molecule has 0 aliphatic heterocycles. The minimum Gasteiger partial charge on any atom is -0.385 e. The van der Waals surface area contributed by atoms with Gasteiger partial charge in [0.05, 0.1) is 16.7 Å². The molecule has 1 aromatic rings. The van der Waals surface area contributed by atoms with Crippen molar-refractivity contribution in [3.05, 3.63) is 28.8 Å². The second kappa shape index (κ2) is 7.46. The van der Waals surface area contributed by atoms with Gasteiger partial charge in [0.2, 0.25) is 10.0 Å². The zero-order chi connectivity index (χ0) is 14.3. The summed E-state index contributed by atoms with van der Waals surface area (Å²) in [5.74, 6) is 0. The highest BCUT2D eigenvalue weighted by Gasteiger charge is 2.17. The van der Waals surface area contributed by atoms with E-state index in [1.807, 2.05) is 6.07 Å². The second-order valence-electron chi connectivity index (χ2n) is 3.85. The van der Waals surface area contributed by atoms with Crippen LogP contribution in [-0.4, -0.2) is 28.7 Å². The van der Waals surface area contributed by atoms with Crippen LogP contribution in [0.4, 0.5) is 0 Å². The number of halogens is 1. The van der Waals surface area contributed by atoms with Crippen molar-refractivity contribution in [1.82, 2.24) is 4.72 Å². The molecule has 0 fully saturated rings. The Labute approximate surface area is 118 Å². The number of hydrogen-bond donors (Lipinski definition) is 1. The number of rotatable bonds is 7. The molecule has 1 aromatic carbocycles. The first kappa shape index (κ1) is 15.9. The van der Waals surface area contributed by atoms with Gasteiger partial charge in [-0.15, -0.1) is 0 Å². The number of methoxy groups -OCH3 is 1. The molecule has 0 aliphatic carbocycles. The Balaban J connectivity index is 2.75. The Morgan fingerprint density at radius 3 is 2.79 bits per heavy atom. The predicted molar refractivity (Wildman–Crippen MR) is 72.5 cm³/mol. The number of ether oxygens (including phenoxy) is 1. The lowest BCUT2D eigenvalue weighted by atomic mass is 10.2. The van der Waals surface area contributed by atoms with E-state index in [9.17, 15) is 8.42 Å². The van der Waals surface area contributed by atoms with Crippen LogP contribution in [0.3, 0.4) is 0 Å². The highest BCUT2D eigenvalue weighted by Crippen LogP contribution is 2.22. The fourth-order valence-electron chi connectivity index (χ4n) is 1.43. The minimum absolute atomic E-state index is 0.0695. The number of benzene rings is 1. The maximum Gasteiger partial charge on any atom is 0.242 e. The Hall–Kier alpha value is -1.13. The van der Waals surface area contributed by atoms with Gasteiger partial charge in [0.25, 0.3) is 0 Å². The summed E-state index contributed by atoms with van der Waals surface area (Å²) in [6, 6.07) is 6.02. The summed E-state index contributed by atoms with van der Waals surface area (Å²) in [5, 5.41) is 8.87. The van der Waals surface area contributed by atoms with Crippen molar-refractivity contribution in [1.29, 1.82) is 5.26 Å². The molecular formula is C12H15ClN2O3S. The molecule has 19 heavy (non-hydrogen) atoms. The zero-order valence-electron chi connectivity index (χ0n) is 10.5. The quantitative estimate of drug-likeness (QED) is 0.780. The van der Waals surface area contributed by atoms with Crippen molar-refractivity contribution >= 4 is 21.6 Å². The molecule has 104 valence electrons.